The van der Waals surface area contributed by atoms with Gasteiger partial charge >= 0.3 is 0 Å². The fourth-order valence-corrected chi connectivity index (χ4v) is 3.43. The summed E-state index contributed by atoms with van der Waals surface area (Å²) in [7, 11) is 0. The Morgan fingerprint density at radius 1 is 1.14 bits per heavy atom. The summed E-state index contributed by atoms with van der Waals surface area (Å²) in [6, 6.07) is 14.1. The molecule has 0 spiro atoms. The van der Waals surface area contributed by atoms with Gasteiger partial charge in [-0.25, -0.2) is 4.98 Å². The van der Waals surface area contributed by atoms with Gasteiger partial charge < -0.3 is 14.6 Å². The Hall–Kier alpha value is -2.83. The van der Waals surface area contributed by atoms with Crippen molar-refractivity contribution < 1.29 is 14.0 Å². The van der Waals surface area contributed by atoms with E-state index < -0.39 is 0 Å². The molecular formula is C21H19Cl2N3O3. The van der Waals surface area contributed by atoms with Crippen LogP contribution < -0.4 is 5.32 Å². The van der Waals surface area contributed by atoms with Crippen molar-refractivity contribution in [2.45, 2.75) is 19.9 Å². The van der Waals surface area contributed by atoms with Crippen LogP contribution in [0.4, 0.5) is 5.69 Å². The smallest absolute Gasteiger partial charge is 0.244 e. The van der Waals surface area contributed by atoms with Crippen molar-refractivity contribution >= 4 is 40.7 Å². The third-order valence-electron chi connectivity index (χ3n) is 4.15. The molecule has 0 atom stereocenters. The van der Waals surface area contributed by atoms with Crippen molar-refractivity contribution in [2.24, 2.45) is 0 Å². The molecule has 8 heteroatoms. The number of hydrogen-bond donors (Lipinski definition) is 1. The van der Waals surface area contributed by atoms with E-state index in [2.05, 4.69) is 10.3 Å². The number of carbonyl (C=O) groups excluding carboxylic acids is 2. The van der Waals surface area contributed by atoms with E-state index in [-0.39, 0.29) is 36.5 Å². The number of aryl methyl sites for hydroxylation is 1. The lowest BCUT2D eigenvalue weighted by atomic mass is 10.1. The zero-order valence-electron chi connectivity index (χ0n) is 15.7. The second-order valence-electron chi connectivity index (χ2n) is 6.43. The van der Waals surface area contributed by atoms with Gasteiger partial charge in [0.1, 0.15) is 17.5 Å². The number of carbonyl (C=O) groups is 2. The van der Waals surface area contributed by atoms with Crippen molar-refractivity contribution in [2.75, 3.05) is 11.9 Å². The Morgan fingerprint density at radius 2 is 1.90 bits per heavy atom. The quantitative estimate of drug-likeness (QED) is 0.558. The molecule has 0 unspecified atom stereocenters. The van der Waals surface area contributed by atoms with Gasteiger partial charge in [-0.05, 0) is 37.3 Å². The minimum Gasteiger partial charge on any atom is -0.467 e. The number of benzene rings is 1. The van der Waals surface area contributed by atoms with Crippen LogP contribution in [-0.2, 0) is 22.6 Å². The molecule has 1 aromatic carbocycles. The fraction of sp³-hybridized carbons (Fsp3) is 0.190. The molecule has 0 saturated carbocycles. The maximum Gasteiger partial charge on any atom is 0.244 e. The number of nitrogens with zero attached hydrogens (tertiary/aromatic N) is 2. The maximum absolute atomic E-state index is 13.0. The first-order valence-electron chi connectivity index (χ1n) is 8.89. The molecular weight excluding hydrogens is 413 g/mol. The van der Waals surface area contributed by atoms with E-state index in [9.17, 15) is 9.59 Å². The molecule has 0 aliphatic carbocycles. The summed E-state index contributed by atoms with van der Waals surface area (Å²) >= 11 is 12.4. The summed E-state index contributed by atoms with van der Waals surface area (Å²) in [5.41, 5.74) is 1.74. The van der Waals surface area contributed by atoms with Crippen molar-refractivity contribution in [1.82, 2.24) is 9.88 Å². The molecule has 150 valence electrons. The molecule has 2 amide bonds. The van der Waals surface area contributed by atoms with Gasteiger partial charge in [0.2, 0.25) is 11.8 Å². The number of aromatic nitrogens is 1. The number of pyridine rings is 1. The first-order chi connectivity index (χ1) is 13.9. The summed E-state index contributed by atoms with van der Waals surface area (Å²) in [6.07, 6.45) is 1.43. The van der Waals surface area contributed by atoms with Gasteiger partial charge in [0, 0.05) is 22.0 Å². The molecule has 3 aromatic rings. The number of halogens is 2. The minimum absolute atomic E-state index is 0.0791. The summed E-state index contributed by atoms with van der Waals surface area (Å²) in [4.78, 5) is 31.0. The van der Waals surface area contributed by atoms with Crippen LogP contribution in [-0.4, -0.2) is 28.2 Å². The SMILES string of the molecule is Cc1cc(Cl)c(CC(=O)N(CC(=O)Nc2ccccc2)Cc2ccco2)c(Cl)n1. The van der Waals surface area contributed by atoms with E-state index >= 15 is 0 Å². The second-order valence-corrected chi connectivity index (χ2v) is 7.20. The van der Waals surface area contributed by atoms with E-state index in [1.807, 2.05) is 18.2 Å². The van der Waals surface area contributed by atoms with Crippen molar-refractivity contribution in [3.05, 3.63) is 82.0 Å². The number of anilines is 1. The topological polar surface area (TPSA) is 75.4 Å². The molecule has 6 nitrogen and oxygen atoms in total. The maximum atomic E-state index is 13.0. The first kappa shape index (κ1) is 20.9. The van der Waals surface area contributed by atoms with Gasteiger partial charge in [0.05, 0.1) is 19.2 Å². The number of nitrogens with one attached hydrogen (secondary N) is 1. The predicted octanol–water partition coefficient (Wildman–Crippen LogP) is 4.50. The molecule has 0 aliphatic heterocycles. The Balaban J connectivity index is 1.76. The van der Waals surface area contributed by atoms with Gasteiger partial charge in [0.25, 0.3) is 0 Å². The van der Waals surface area contributed by atoms with Crippen LogP contribution in [0.25, 0.3) is 0 Å². The molecule has 2 heterocycles. The largest absolute Gasteiger partial charge is 0.467 e. The highest BCUT2D eigenvalue weighted by molar-refractivity contribution is 6.35. The van der Waals surface area contributed by atoms with E-state index in [1.54, 1.807) is 37.3 Å². The van der Waals surface area contributed by atoms with Gasteiger partial charge in [-0.1, -0.05) is 41.4 Å². The van der Waals surface area contributed by atoms with Gasteiger partial charge in [-0.2, -0.15) is 0 Å². The number of rotatable bonds is 7. The normalized spacial score (nSPS) is 10.6. The van der Waals surface area contributed by atoms with E-state index in [4.69, 9.17) is 27.6 Å². The van der Waals surface area contributed by atoms with Gasteiger partial charge in [0.15, 0.2) is 0 Å². The fourth-order valence-electron chi connectivity index (χ4n) is 2.76. The van der Waals surface area contributed by atoms with Crippen LogP contribution >= 0.6 is 23.2 Å². The zero-order chi connectivity index (χ0) is 20.8. The molecule has 0 aliphatic rings. The number of amides is 2. The van der Waals surface area contributed by atoms with Gasteiger partial charge in [-0.3, -0.25) is 9.59 Å². The summed E-state index contributed by atoms with van der Waals surface area (Å²) in [6.45, 7) is 1.76. The monoisotopic (exact) mass is 431 g/mol. The van der Waals surface area contributed by atoms with E-state index in [0.717, 1.165) is 0 Å². The minimum atomic E-state index is -0.324. The lowest BCUT2D eigenvalue weighted by Gasteiger charge is -2.22. The number of furan rings is 1. The highest BCUT2D eigenvalue weighted by Crippen LogP contribution is 2.25. The second kappa shape index (κ2) is 9.58. The van der Waals surface area contributed by atoms with Crippen LogP contribution in [0.15, 0.2) is 59.2 Å². The summed E-state index contributed by atoms with van der Waals surface area (Å²) in [5.74, 6) is -0.0838. The highest BCUT2D eigenvalue weighted by Gasteiger charge is 2.22. The third-order valence-corrected chi connectivity index (χ3v) is 4.80. The third kappa shape index (κ3) is 5.82. The Bertz CT molecular complexity index is 969. The average molecular weight is 432 g/mol. The van der Waals surface area contributed by atoms with Crippen LogP contribution in [0.2, 0.25) is 10.2 Å². The van der Waals surface area contributed by atoms with Crippen LogP contribution in [0.3, 0.4) is 0 Å². The molecule has 0 bridgehead atoms. The molecule has 1 N–H and O–H groups in total. The summed E-state index contributed by atoms with van der Waals surface area (Å²) in [5, 5.41) is 3.31. The van der Waals surface area contributed by atoms with Gasteiger partial charge in [-0.15, -0.1) is 0 Å². The average Bonchev–Trinajstić information content (AvgIpc) is 3.18. The predicted molar refractivity (Wildman–Crippen MR) is 112 cm³/mol. The Kier molecular flexibility index (Phi) is 6.90. The van der Waals surface area contributed by atoms with E-state index in [1.165, 1.54) is 11.2 Å². The molecule has 0 radical (unpaired) electrons. The van der Waals surface area contributed by atoms with Crippen LogP contribution in [0.5, 0.6) is 0 Å². The molecule has 3 rings (SSSR count). The van der Waals surface area contributed by atoms with Crippen molar-refractivity contribution in [3.8, 4) is 0 Å². The van der Waals surface area contributed by atoms with Crippen molar-refractivity contribution in [3.63, 3.8) is 0 Å². The lowest BCUT2D eigenvalue weighted by molar-refractivity contribution is -0.134. The highest BCUT2D eigenvalue weighted by atomic mass is 35.5. The zero-order valence-corrected chi connectivity index (χ0v) is 17.2. The number of hydrogen-bond acceptors (Lipinski definition) is 4. The molecule has 2 aromatic heterocycles. The number of para-hydroxylation sites is 1. The van der Waals surface area contributed by atoms with Crippen LogP contribution in [0.1, 0.15) is 17.0 Å². The lowest BCUT2D eigenvalue weighted by Crippen LogP contribution is -2.38. The standard InChI is InChI=1S/C21H19Cl2N3O3/c1-14-10-18(22)17(21(23)24-14)11-20(28)26(12-16-8-5-9-29-16)13-19(27)25-15-6-3-2-4-7-15/h2-10H,11-13H2,1H3,(H,25,27). The molecule has 29 heavy (non-hydrogen) atoms. The van der Waals surface area contributed by atoms with Crippen LogP contribution in [0, 0.1) is 6.92 Å². The Labute approximate surface area is 178 Å². The van der Waals surface area contributed by atoms with Crippen molar-refractivity contribution in [1.29, 1.82) is 0 Å². The molecule has 0 saturated heterocycles. The Morgan fingerprint density at radius 3 is 2.55 bits per heavy atom. The summed E-state index contributed by atoms with van der Waals surface area (Å²) < 4.78 is 5.34. The van der Waals surface area contributed by atoms with E-state index in [0.29, 0.717) is 27.7 Å². The first-order valence-corrected chi connectivity index (χ1v) is 9.64. The molecule has 0 fully saturated rings.